The van der Waals surface area contributed by atoms with E-state index in [1.165, 1.54) is 0 Å². The maximum absolute atomic E-state index is 13.1. The number of benzene rings is 1. The molecule has 0 unspecified atom stereocenters. The average molecular weight is 444 g/mol. The summed E-state index contributed by atoms with van der Waals surface area (Å²) in [4.78, 5) is 43.3. The van der Waals surface area contributed by atoms with Gasteiger partial charge in [-0.3, -0.25) is 19.5 Å². The lowest BCUT2D eigenvalue weighted by atomic mass is 10.1. The monoisotopic (exact) mass is 443 g/mol. The van der Waals surface area contributed by atoms with Gasteiger partial charge in [0.05, 0.1) is 26.1 Å². The molecule has 1 fully saturated rings. The molecule has 2 aromatic heterocycles. The lowest BCUT2D eigenvalue weighted by Gasteiger charge is -2.25. The quantitative estimate of drug-likeness (QED) is 0.602. The van der Waals surface area contributed by atoms with E-state index in [-0.39, 0.29) is 24.3 Å². The molecule has 0 bridgehead atoms. The van der Waals surface area contributed by atoms with Crippen LogP contribution < -0.4 is 9.64 Å². The number of pyridine rings is 1. The van der Waals surface area contributed by atoms with Crippen LogP contribution in [0.5, 0.6) is 5.75 Å². The van der Waals surface area contributed by atoms with Gasteiger partial charge in [-0.25, -0.2) is 9.97 Å². The Morgan fingerprint density at radius 2 is 2.06 bits per heavy atom. The first kappa shape index (κ1) is 21.1. The number of nitrogens with zero attached hydrogens (tertiary/aromatic N) is 5. The van der Waals surface area contributed by atoms with E-state index in [4.69, 9.17) is 14.7 Å². The highest BCUT2D eigenvalue weighted by atomic mass is 16.5. The van der Waals surface area contributed by atoms with Crippen LogP contribution >= 0.6 is 0 Å². The topological polar surface area (TPSA) is 88.5 Å². The van der Waals surface area contributed by atoms with Gasteiger partial charge in [0, 0.05) is 24.0 Å². The second-order valence-corrected chi connectivity index (χ2v) is 8.35. The van der Waals surface area contributed by atoms with Crippen LogP contribution in [0, 0.1) is 6.92 Å². The van der Waals surface area contributed by atoms with Crippen LogP contribution in [0.4, 0.5) is 5.82 Å². The summed E-state index contributed by atoms with van der Waals surface area (Å²) in [5.41, 5.74) is 3.01. The largest absolute Gasteiger partial charge is 0.497 e. The van der Waals surface area contributed by atoms with E-state index in [1.807, 2.05) is 37.3 Å². The van der Waals surface area contributed by atoms with Crippen LogP contribution in [0.15, 0.2) is 48.7 Å². The summed E-state index contributed by atoms with van der Waals surface area (Å²) in [6, 6.07) is 12.8. The van der Waals surface area contributed by atoms with E-state index in [0.717, 1.165) is 35.4 Å². The van der Waals surface area contributed by atoms with Gasteiger partial charge in [-0.1, -0.05) is 18.2 Å². The van der Waals surface area contributed by atoms with E-state index in [9.17, 15) is 9.59 Å². The summed E-state index contributed by atoms with van der Waals surface area (Å²) >= 11 is 0. The molecule has 0 saturated carbocycles. The Morgan fingerprint density at radius 1 is 1.18 bits per heavy atom. The van der Waals surface area contributed by atoms with Gasteiger partial charge in [-0.15, -0.1) is 0 Å². The number of carbonyl (C=O) groups is 2. The number of ether oxygens (including phenoxy) is 1. The van der Waals surface area contributed by atoms with Crippen LogP contribution in [0.25, 0.3) is 0 Å². The highest BCUT2D eigenvalue weighted by Gasteiger charge is 2.37. The summed E-state index contributed by atoms with van der Waals surface area (Å²) in [6.07, 6.45) is 3.55. The number of amides is 2. The number of methoxy groups -OCH3 is 1. The maximum atomic E-state index is 13.1. The standard InChI is InChI=1S/C25H25N5O3/c1-16-19-14-22(31)30(15-17-7-5-8-18(13-17)33-2)24(19)28-23(27-16)21-10-6-12-29(21)25(32)20-9-3-4-11-26-20/h3-5,7-9,11,13,21H,6,10,12,14-15H2,1-2H3/t21-/m1/s1. The Hall–Kier alpha value is -3.81. The maximum Gasteiger partial charge on any atom is 0.273 e. The molecule has 0 radical (unpaired) electrons. The van der Waals surface area contributed by atoms with E-state index in [2.05, 4.69) is 4.98 Å². The zero-order valence-electron chi connectivity index (χ0n) is 18.7. The molecule has 33 heavy (non-hydrogen) atoms. The van der Waals surface area contributed by atoms with Crippen molar-refractivity contribution in [3.8, 4) is 5.75 Å². The third-order valence-electron chi connectivity index (χ3n) is 6.26. The number of aromatic nitrogens is 3. The first-order chi connectivity index (χ1) is 16.0. The minimum absolute atomic E-state index is 0.00444. The molecule has 2 aliphatic rings. The van der Waals surface area contributed by atoms with Crippen molar-refractivity contribution in [3.05, 3.63) is 77.0 Å². The summed E-state index contributed by atoms with van der Waals surface area (Å²) in [6.45, 7) is 2.94. The van der Waals surface area contributed by atoms with Crippen molar-refractivity contribution < 1.29 is 14.3 Å². The van der Waals surface area contributed by atoms with Gasteiger partial charge in [0.15, 0.2) is 5.82 Å². The third kappa shape index (κ3) is 3.92. The van der Waals surface area contributed by atoms with Crippen molar-refractivity contribution in [1.29, 1.82) is 0 Å². The lowest BCUT2D eigenvalue weighted by molar-refractivity contribution is -0.117. The molecule has 0 spiro atoms. The smallest absolute Gasteiger partial charge is 0.273 e. The fourth-order valence-corrected chi connectivity index (χ4v) is 4.58. The number of hydrogen-bond acceptors (Lipinski definition) is 6. The van der Waals surface area contributed by atoms with Gasteiger partial charge in [0.25, 0.3) is 5.91 Å². The van der Waals surface area contributed by atoms with E-state index in [1.54, 1.807) is 35.2 Å². The van der Waals surface area contributed by atoms with Crippen molar-refractivity contribution in [1.82, 2.24) is 19.9 Å². The molecular weight excluding hydrogens is 418 g/mol. The number of aryl methyl sites for hydroxylation is 1. The van der Waals surface area contributed by atoms with Crippen LogP contribution in [0.3, 0.4) is 0 Å². The van der Waals surface area contributed by atoms with Gasteiger partial charge in [0.2, 0.25) is 5.91 Å². The second-order valence-electron chi connectivity index (χ2n) is 8.35. The Labute approximate surface area is 192 Å². The van der Waals surface area contributed by atoms with Crippen LogP contribution in [-0.4, -0.2) is 45.3 Å². The first-order valence-electron chi connectivity index (χ1n) is 11.1. The van der Waals surface area contributed by atoms with Crippen molar-refractivity contribution in [3.63, 3.8) is 0 Å². The summed E-state index contributed by atoms with van der Waals surface area (Å²) in [7, 11) is 1.62. The van der Waals surface area contributed by atoms with Gasteiger partial charge < -0.3 is 9.64 Å². The van der Waals surface area contributed by atoms with Crippen molar-refractivity contribution in [2.45, 2.75) is 38.8 Å². The number of fused-ring (bicyclic) bond motifs is 1. The molecular formula is C25H25N5O3. The average Bonchev–Trinajstić information content (AvgIpc) is 3.45. The summed E-state index contributed by atoms with van der Waals surface area (Å²) in [5, 5.41) is 0. The first-order valence-corrected chi connectivity index (χ1v) is 11.1. The molecule has 5 rings (SSSR count). The van der Waals surface area contributed by atoms with Gasteiger partial charge in [-0.05, 0) is 49.6 Å². The highest BCUT2D eigenvalue weighted by molar-refractivity contribution is 6.00. The molecule has 0 N–H and O–H groups in total. The van der Waals surface area contributed by atoms with Crippen LogP contribution in [0.1, 0.15) is 52.0 Å². The fourth-order valence-electron chi connectivity index (χ4n) is 4.58. The van der Waals surface area contributed by atoms with Gasteiger partial charge in [-0.2, -0.15) is 0 Å². The fraction of sp³-hybridized carbons (Fsp3) is 0.320. The Bertz CT molecular complexity index is 1210. The number of hydrogen-bond donors (Lipinski definition) is 0. The molecule has 3 aromatic rings. The molecule has 168 valence electrons. The highest BCUT2D eigenvalue weighted by Crippen LogP contribution is 2.36. The minimum Gasteiger partial charge on any atom is -0.497 e. The van der Waals surface area contributed by atoms with Crippen molar-refractivity contribution >= 4 is 17.6 Å². The molecule has 2 amide bonds. The van der Waals surface area contributed by atoms with Crippen LogP contribution in [-0.2, 0) is 17.8 Å². The molecule has 1 aromatic carbocycles. The predicted molar refractivity (Wildman–Crippen MR) is 122 cm³/mol. The Balaban J connectivity index is 1.47. The second kappa shape index (κ2) is 8.61. The molecule has 2 aliphatic heterocycles. The van der Waals surface area contributed by atoms with E-state index < -0.39 is 0 Å². The Morgan fingerprint density at radius 3 is 2.85 bits per heavy atom. The number of carbonyl (C=O) groups excluding carboxylic acids is 2. The third-order valence-corrected chi connectivity index (χ3v) is 6.26. The normalized spacial score (nSPS) is 17.4. The number of likely N-dealkylation sites (tertiary alicyclic amines) is 1. The molecule has 8 heteroatoms. The molecule has 4 heterocycles. The summed E-state index contributed by atoms with van der Waals surface area (Å²) in [5.74, 6) is 1.84. The predicted octanol–water partition coefficient (Wildman–Crippen LogP) is 3.26. The number of anilines is 1. The van der Waals surface area contributed by atoms with Crippen molar-refractivity contribution in [2.75, 3.05) is 18.6 Å². The zero-order chi connectivity index (χ0) is 22.9. The van der Waals surface area contributed by atoms with Gasteiger partial charge in [0.1, 0.15) is 17.3 Å². The molecule has 8 nitrogen and oxygen atoms in total. The van der Waals surface area contributed by atoms with E-state index in [0.29, 0.717) is 30.4 Å². The molecule has 0 aliphatic carbocycles. The SMILES string of the molecule is COc1cccc(CN2C(=O)Cc3c(C)nc([C@H]4CCCN4C(=O)c4ccccn4)nc32)c1. The van der Waals surface area contributed by atoms with E-state index >= 15 is 0 Å². The lowest BCUT2D eigenvalue weighted by Crippen LogP contribution is -2.32. The molecule has 1 atom stereocenters. The van der Waals surface area contributed by atoms with Gasteiger partial charge >= 0.3 is 0 Å². The van der Waals surface area contributed by atoms with Crippen molar-refractivity contribution in [2.24, 2.45) is 0 Å². The number of rotatable bonds is 5. The Kier molecular flexibility index (Phi) is 5.50. The zero-order valence-corrected chi connectivity index (χ0v) is 18.7. The minimum atomic E-state index is -0.238. The molecule has 1 saturated heterocycles. The summed E-state index contributed by atoms with van der Waals surface area (Å²) < 4.78 is 5.32. The van der Waals surface area contributed by atoms with Crippen LogP contribution in [0.2, 0.25) is 0 Å².